The van der Waals surface area contributed by atoms with E-state index in [4.69, 9.17) is 9.47 Å². The molecule has 4 aromatic rings. The van der Waals surface area contributed by atoms with Crippen LogP contribution in [0.2, 0.25) is 0 Å². The predicted molar refractivity (Wildman–Crippen MR) is 115 cm³/mol. The second-order valence-electron chi connectivity index (χ2n) is 6.24. The first-order chi connectivity index (χ1) is 14.7. The number of carbonyl (C=O) groups is 1. The smallest absolute Gasteiger partial charge is 0.234 e. The summed E-state index contributed by atoms with van der Waals surface area (Å²) in [5.41, 5.74) is 2.89. The Morgan fingerprint density at radius 2 is 1.90 bits per heavy atom. The summed E-state index contributed by atoms with van der Waals surface area (Å²) in [7, 11) is 3.19. The van der Waals surface area contributed by atoms with Gasteiger partial charge >= 0.3 is 0 Å². The number of carbonyl (C=O) groups excluding carboxylic acids is 1. The number of amides is 1. The van der Waals surface area contributed by atoms with Crippen LogP contribution in [0.4, 0.5) is 5.69 Å². The molecule has 0 aliphatic heterocycles. The van der Waals surface area contributed by atoms with E-state index in [1.54, 1.807) is 30.9 Å². The highest BCUT2D eigenvalue weighted by molar-refractivity contribution is 7.99. The second kappa shape index (κ2) is 8.83. The van der Waals surface area contributed by atoms with Crippen LogP contribution in [0, 0.1) is 0 Å². The van der Waals surface area contributed by atoms with Crippen molar-refractivity contribution in [2.45, 2.75) is 5.16 Å². The van der Waals surface area contributed by atoms with Crippen molar-refractivity contribution < 1.29 is 14.3 Å². The Morgan fingerprint density at radius 1 is 1.03 bits per heavy atom. The van der Waals surface area contributed by atoms with Crippen LogP contribution < -0.4 is 14.8 Å². The molecule has 8 nitrogen and oxygen atoms in total. The average Bonchev–Trinajstić information content (AvgIpc) is 3.20. The molecule has 1 N–H and O–H groups in total. The first kappa shape index (κ1) is 19.7. The summed E-state index contributed by atoms with van der Waals surface area (Å²) in [4.78, 5) is 12.4. The minimum Gasteiger partial charge on any atom is -0.497 e. The van der Waals surface area contributed by atoms with Crippen LogP contribution in [0.25, 0.3) is 16.9 Å². The quantitative estimate of drug-likeness (QED) is 0.457. The summed E-state index contributed by atoms with van der Waals surface area (Å²) >= 11 is 1.26. The maximum Gasteiger partial charge on any atom is 0.234 e. The summed E-state index contributed by atoms with van der Waals surface area (Å²) < 4.78 is 12.2. The molecule has 0 bridgehead atoms. The van der Waals surface area contributed by atoms with Crippen LogP contribution >= 0.6 is 11.8 Å². The number of anilines is 1. The molecule has 0 saturated heterocycles. The largest absolute Gasteiger partial charge is 0.497 e. The van der Waals surface area contributed by atoms with Gasteiger partial charge in [0.05, 0.1) is 31.4 Å². The Hall–Kier alpha value is -3.59. The second-order valence-corrected chi connectivity index (χ2v) is 7.18. The highest BCUT2D eigenvalue weighted by Gasteiger charge is 2.13. The van der Waals surface area contributed by atoms with Gasteiger partial charge in [-0.25, -0.2) is 0 Å². The third kappa shape index (κ3) is 4.20. The molecule has 0 radical (unpaired) electrons. The van der Waals surface area contributed by atoms with Gasteiger partial charge in [0.15, 0.2) is 5.65 Å². The van der Waals surface area contributed by atoms with Gasteiger partial charge in [-0.2, -0.15) is 9.61 Å². The maximum absolute atomic E-state index is 12.4. The van der Waals surface area contributed by atoms with Crippen molar-refractivity contribution in [1.82, 2.24) is 19.8 Å². The zero-order chi connectivity index (χ0) is 20.9. The number of rotatable bonds is 7. The van der Waals surface area contributed by atoms with Gasteiger partial charge in [-0.15, -0.1) is 10.2 Å². The van der Waals surface area contributed by atoms with Gasteiger partial charge in [0, 0.05) is 5.56 Å². The van der Waals surface area contributed by atoms with Gasteiger partial charge in [0.1, 0.15) is 11.5 Å². The fourth-order valence-corrected chi connectivity index (χ4v) is 3.55. The Bertz CT molecular complexity index is 1190. The molecule has 0 fully saturated rings. The number of thioether (sulfide) groups is 1. The minimum atomic E-state index is -0.176. The lowest BCUT2D eigenvalue weighted by atomic mass is 10.1. The van der Waals surface area contributed by atoms with E-state index in [2.05, 4.69) is 20.6 Å². The number of aromatic nitrogens is 4. The molecule has 2 heterocycles. The monoisotopic (exact) mass is 421 g/mol. The van der Waals surface area contributed by atoms with Crippen LogP contribution in [0.15, 0.2) is 65.8 Å². The topological polar surface area (TPSA) is 90.6 Å². The molecule has 0 atom stereocenters. The van der Waals surface area contributed by atoms with Crippen LogP contribution in [0.3, 0.4) is 0 Å². The zero-order valence-electron chi connectivity index (χ0n) is 16.4. The minimum absolute atomic E-state index is 0.157. The van der Waals surface area contributed by atoms with E-state index in [0.717, 1.165) is 17.0 Å². The average molecular weight is 421 g/mol. The normalized spacial score (nSPS) is 10.7. The highest BCUT2D eigenvalue weighted by atomic mass is 32.2. The summed E-state index contributed by atoms with van der Waals surface area (Å²) in [6.45, 7) is 0. The maximum atomic E-state index is 12.4. The van der Waals surface area contributed by atoms with E-state index in [9.17, 15) is 4.79 Å². The van der Waals surface area contributed by atoms with E-state index >= 15 is 0 Å². The van der Waals surface area contributed by atoms with Gasteiger partial charge in [-0.1, -0.05) is 36.0 Å². The molecule has 2 aromatic carbocycles. The summed E-state index contributed by atoms with van der Waals surface area (Å²) in [5.74, 6) is 1.34. The van der Waals surface area contributed by atoms with Crippen molar-refractivity contribution in [2.24, 2.45) is 0 Å². The zero-order valence-corrected chi connectivity index (χ0v) is 17.2. The highest BCUT2D eigenvalue weighted by Crippen LogP contribution is 2.25. The fourth-order valence-electron chi connectivity index (χ4n) is 2.86. The van der Waals surface area contributed by atoms with Crippen molar-refractivity contribution in [3.8, 4) is 22.8 Å². The van der Waals surface area contributed by atoms with Gasteiger partial charge in [0.25, 0.3) is 0 Å². The molecule has 0 aliphatic rings. The molecule has 0 saturated carbocycles. The van der Waals surface area contributed by atoms with Crippen LogP contribution in [0.5, 0.6) is 11.5 Å². The Labute approximate surface area is 177 Å². The molecule has 9 heteroatoms. The lowest BCUT2D eigenvalue weighted by Crippen LogP contribution is -2.15. The van der Waals surface area contributed by atoms with Crippen molar-refractivity contribution in [3.05, 3.63) is 60.7 Å². The number of para-hydroxylation sites is 2. The van der Waals surface area contributed by atoms with Crippen LogP contribution in [-0.2, 0) is 4.79 Å². The van der Waals surface area contributed by atoms with Crippen molar-refractivity contribution in [2.75, 3.05) is 25.3 Å². The number of ether oxygens (including phenoxy) is 2. The first-order valence-electron chi connectivity index (χ1n) is 9.10. The number of nitrogens with zero attached hydrogens (tertiary/aromatic N) is 4. The molecule has 4 rings (SSSR count). The van der Waals surface area contributed by atoms with Gasteiger partial charge < -0.3 is 14.8 Å². The first-order valence-corrected chi connectivity index (χ1v) is 10.1. The lowest BCUT2D eigenvalue weighted by molar-refractivity contribution is -0.113. The van der Waals surface area contributed by atoms with Crippen molar-refractivity contribution in [3.63, 3.8) is 0 Å². The number of methoxy groups -OCH3 is 2. The molecule has 2 aromatic heterocycles. The van der Waals surface area contributed by atoms with Crippen molar-refractivity contribution in [1.29, 1.82) is 0 Å². The number of hydrogen-bond acceptors (Lipinski definition) is 7. The van der Waals surface area contributed by atoms with E-state index in [1.807, 2.05) is 48.5 Å². The molecule has 0 aliphatic carbocycles. The van der Waals surface area contributed by atoms with E-state index in [0.29, 0.717) is 22.2 Å². The molecular formula is C21H19N5O3S. The predicted octanol–water partition coefficient (Wildman–Crippen LogP) is 3.54. The number of nitrogens with one attached hydrogen (secondary N) is 1. The number of fused-ring (bicyclic) bond motifs is 1. The van der Waals surface area contributed by atoms with Crippen LogP contribution in [0.1, 0.15) is 0 Å². The number of benzene rings is 2. The third-order valence-corrected chi connectivity index (χ3v) is 5.23. The summed E-state index contributed by atoms with van der Waals surface area (Å²) in [5, 5.41) is 16.3. The standard InChI is InChI=1S/C21H19N5O3S/c1-28-15-7-5-6-14(12-15)16-10-11-19-23-24-21(26(19)25-16)30-13-20(27)22-17-8-3-4-9-18(17)29-2/h3-12H,13H2,1-2H3,(H,22,27). The lowest BCUT2D eigenvalue weighted by Gasteiger charge is -2.09. The Morgan fingerprint density at radius 3 is 2.73 bits per heavy atom. The SMILES string of the molecule is COc1cccc(-c2ccc3nnc(SCC(=O)Nc4ccccc4OC)n3n2)c1. The summed E-state index contributed by atoms with van der Waals surface area (Å²) in [6, 6.07) is 18.6. The van der Waals surface area contributed by atoms with E-state index < -0.39 is 0 Å². The number of hydrogen-bond donors (Lipinski definition) is 1. The Balaban J connectivity index is 1.51. The Kier molecular flexibility index (Phi) is 5.80. The fraction of sp³-hybridized carbons (Fsp3) is 0.143. The van der Waals surface area contributed by atoms with Gasteiger partial charge in [-0.05, 0) is 36.4 Å². The van der Waals surface area contributed by atoms with Crippen LogP contribution in [-0.4, -0.2) is 45.7 Å². The molecule has 0 spiro atoms. The van der Waals surface area contributed by atoms with Gasteiger partial charge in [0.2, 0.25) is 11.1 Å². The molecule has 152 valence electrons. The molecule has 0 unspecified atom stereocenters. The molecular weight excluding hydrogens is 402 g/mol. The van der Waals surface area contributed by atoms with Crippen molar-refractivity contribution >= 4 is 29.0 Å². The third-order valence-electron chi connectivity index (χ3n) is 4.31. The molecule has 1 amide bonds. The van der Waals surface area contributed by atoms with E-state index in [-0.39, 0.29) is 11.7 Å². The molecule has 30 heavy (non-hydrogen) atoms. The van der Waals surface area contributed by atoms with Gasteiger partial charge in [-0.3, -0.25) is 4.79 Å². The summed E-state index contributed by atoms with van der Waals surface area (Å²) in [6.07, 6.45) is 0. The van der Waals surface area contributed by atoms with E-state index in [1.165, 1.54) is 11.8 Å².